The highest BCUT2D eigenvalue weighted by Crippen LogP contribution is 2.29. The SMILES string of the molecule is CN(CC1CCCOC1)c1nc(NN)nc2sccc12. The number of hydrogen-bond acceptors (Lipinski definition) is 7. The van der Waals surface area contributed by atoms with Crippen LogP contribution in [0.4, 0.5) is 11.8 Å². The number of nitrogens with two attached hydrogens (primary N) is 1. The third kappa shape index (κ3) is 2.70. The lowest BCUT2D eigenvalue weighted by molar-refractivity contribution is 0.0576. The van der Waals surface area contributed by atoms with Gasteiger partial charge in [0.2, 0.25) is 5.95 Å². The summed E-state index contributed by atoms with van der Waals surface area (Å²) in [6.45, 7) is 2.67. The van der Waals surface area contributed by atoms with Gasteiger partial charge in [-0.3, -0.25) is 5.43 Å². The zero-order valence-corrected chi connectivity index (χ0v) is 12.3. The van der Waals surface area contributed by atoms with Gasteiger partial charge in [0.25, 0.3) is 0 Å². The van der Waals surface area contributed by atoms with E-state index in [0.717, 1.165) is 42.2 Å². The molecular formula is C13H19N5OS. The van der Waals surface area contributed by atoms with E-state index in [1.807, 2.05) is 5.38 Å². The molecule has 108 valence electrons. The molecule has 1 atom stereocenters. The smallest absolute Gasteiger partial charge is 0.240 e. The molecule has 0 amide bonds. The van der Waals surface area contributed by atoms with Crippen molar-refractivity contribution < 1.29 is 4.74 Å². The number of nitrogens with zero attached hydrogens (tertiary/aromatic N) is 3. The van der Waals surface area contributed by atoms with Crippen LogP contribution in [0.1, 0.15) is 12.8 Å². The highest BCUT2D eigenvalue weighted by molar-refractivity contribution is 7.16. The Labute approximate surface area is 121 Å². The van der Waals surface area contributed by atoms with Crippen molar-refractivity contribution in [3.05, 3.63) is 11.4 Å². The fourth-order valence-corrected chi connectivity index (χ4v) is 3.38. The van der Waals surface area contributed by atoms with Crippen molar-refractivity contribution in [3.63, 3.8) is 0 Å². The lowest BCUT2D eigenvalue weighted by atomic mass is 10.0. The Morgan fingerprint density at radius 1 is 1.55 bits per heavy atom. The maximum atomic E-state index is 5.55. The maximum Gasteiger partial charge on any atom is 0.240 e. The highest BCUT2D eigenvalue weighted by atomic mass is 32.1. The second-order valence-electron chi connectivity index (χ2n) is 5.12. The van der Waals surface area contributed by atoms with Gasteiger partial charge < -0.3 is 9.64 Å². The summed E-state index contributed by atoms with van der Waals surface area (Å²) in [5.74, 6) is 7.40. The van der Waals surface area contributed by atoms with Gasteiger partial charge in [-0.25, -0.2) is 10.8 Å². The van der Waals surface area contributed by atoms with Crippen LogP contribution in [0.25, 0.3) is 10.2 Å². The molecule has 3 N–H and O–H groups in total. The van der Waals surface area contributed by atoms with Crippen molar-refractivity contribution in [1.82, 2.24) is 9.97 Å². The second-order valence-corrected chi connectivity index (χ2v) is 6.01. The summed E-state index contributed by atoms with van der Waals surface area (Å²) < 4.78 is 5.55. The number of thiophene rings is 1. The highest BCUT2D eigenvalue weighted by Gasteiger charge is 2.19. The first-order valence-electron chi connectivity index (χ1n) is 6.78. The predicted molar refractivity (Wildman–Crippen MR) is 82.0 cm³/mol. The number of ether oxygens (including phenoxy) is 1. The van der Waals surface area contributed by atoms with Crippen LogP contribution in [0.3, 0.4) is 0 Å². The van der Waals surface area contributed by atoms with E-state index in [1.165, 1.54) is 6.42 Å². The van der Waals surface area contributed by atoms with Crippen LogP contribution in [-0.4, -0.2) is 36.8 Å². The topological polar surface area (TPSA) is 76.3 Å². The summed E-state index contributed by atoms with van der Waals surface area (Å²) in [7, 11) is 2.06. The Hall–Kier alpha value is -1.44. The van der Waals surface area contributed by atoms with Crippen molar-refractivity contribution in [1.29, 1.82) is 0 Å². The Kier molecular flexibility index (Phi) is 4.00. The molecule has 0 aromatic carbocycles. The molecule has 3 rings (SSSR count). The van der Waals surface area contributed by atoms with Gasteiger partial charge in [0.1, 0.15) is 10.6 Å². The minimum atomic E-state index is 0.460. The molecule has 0 radical (unpaired) electrons. The summed E-state index contributed by atoms with van der Waals surface area (Å²) in [6, 6.07) is 2.06. The molecule has 0 bridgehead atoms. The molecule has 3 heterocycles. The molecule has 1 aliphatic heterocycles. The Bertz CT molecular complexity index is 581. The van der Waals surface area contributed by atoms with E-state index in [1.54, 1.807) is 11.3 Å². The summed E-state index contributed by atoms with van der Waals surface area (Å²) in [5.41, 5.74) is 2.54. The molecule has 1 aliphatic rings. The Balaban J connectivity index is 1.85. The number of nitrogens with one attached hydrogen (secondary N) is 1. The molecule has 7 heteroatoms. The summed E-state index contributed by atoms with van der Waals surface area (Å²) in [4.78, 5) is 12.0. The van der Waals surface area contributed by atoms with E-state index in [0.29, 0.717) is 11.9 Å². The molecular weight excluding hydrogens is 274 g/mol. The molecule has 1 unspecified atom stereocenters. The predicted octanol–water partition coefficient (Wildman–Crippen LogP) is 1.84. The summed E-state index contributed by atoms with van der Waals surface area (Å²) >= 11 is 1.60. The maximum absolute atomic E-state index is 5.55. The molecule has 0 aliphatic carbocycles. The minimum Gasteiger partial charge on any atom is -0.381 e. The normalized spacial score (nSPS) is 19.2. The number of fused-ring (bicyclic) bond motifs is 1. The zero-order chi connectivity index (χ0) is 13.9. The van der Waals surface area contributed by atoms with Gasteiger partial charge >= 0.3 is 0 Å². The van der Waals surface area contributed by atoms with Crippen LogP contribution in [0.5, 0.6) is 0 Å². The van der Waals surface area contributed by atoms with Crippen LogP contribution in [0.15, 0.2) is 11.4 Å². The van der Waals surface area contributed by atoms with E-state index in [-0.39, 0.29) is 0 Å². The monoisotopic (exact) mass is 293 g/mol. The van der Waals surface area contributed by atoms with Gasteiger partial charge in [0.05, 0.1) is 12.0 Å². The molecule has 20 heavy (non-hydrogen) atoms. The molecule has 0 saturated carbocycles. The molecule has 6 nitrogen and oxygen atoms in total. The Morgan fingerprint density at radius 2 is 2.45 bits per heavy atom. The molecule has 1 fully saturated rings. The average Bonchev–Trinajstić information content (AvgIpc) is 2.95. The van der Waals surface area contributed by atoms with Crippen molar-refractivity contribution in [3.8, 4) is 0 Å². The molecule has 2 aromatic heterocycles. The first kappa shape index (κ1) is 13.5. The summed E-state index contributed by atoms with van der Waals surface area (Å²) in [6.07, 6.45) is 2.36. The van der Waals surface area contributed by atoms with Crippen LogP contribution >= 0.6 is 11.3 Å². The molecule has 1 saturated heterocycles. The van der Waals surface area contributed by atoms with Gasteiger partial charge in [-0.2, -0.15) is 4.98 Å². The van der Waals surface area contributed by atoms with E-state index < -0.39 is 0 Å². The number of rotatable bonds is 4. The Morgan fingerprint density at radius 3 is 3.20 bits per heavy atom. The van der Waals surface area contributed by atoms with Crippen LogP contribution < -0.4 is 16.2 Å². The number of aromatic nitrogens is 2. The molecule has 2 aromatic rings. The minimum absolute atomic E-state index is 0.460. The van der Waals surface area contributed by atoms with E-state index in [9.17, 15) is 0 Å². The number of hydrogen-bond donors (Lipinski definition) is 2. The zero-order valence-electron chi connectivity index (χ0n) is 11.5. The van der Waals surface area contributed by atoms with Crippen LogP contribution in [-0.2, 0) is 4.74 Å². The standard InChI is InChI=1S/C13H19N5OS/c1-18(7-9-3-2-5-19-8-9)11-10-4-6-20-12(10)16-13(15-11)17-14/h4,6,9H,2-3,5,7-8,14H2,1H3,(H,15,16,17). The average molecular weight is 293 g/mol. The first-order valence-corrected chi connectivity index (χ1v) is 7.66. The third-order valence-electron chi connectivity index (χ3n) is 3.58. The lowest BCUT2D eigenvalue weighted by Crippen LogP contribution is -2.31. The quantitative estimate of drug-likeness (QED) is 0.662. The van der Waals surface area contributed by atoms with Gasteiger partial charge in [0.15, 0.2) is 0 Å². The number of nitrogen functional groups attached to an aromatic ring is 1. The van der Waals surface area contributed by atoms with Crippen LogP contribution in [0.2, 0.25) is 0 Å². The van der Waals surface area contributed by atoms with Crippen molar-refractivity contribution >= 4 is 33.3 Å². The largest absolute Gasteiger partial charge is 0.381 e. The van der Waals surface area contributed by atoms with Gasteiger partial charge in [-0.15, -0.1) is 11.3 Å². The van der Waals surface area contributed by atoms with Crippen molar-refractivity contribution in [2.45, 2.75) is 12.8 Å². The third-order valence-corrected chi connectivity index (χ3v) is 4.39. The fraction of sp³-hybridized carbons (Fsp3) is 0.538. The first-order chi connectivity index (χ1) is 9.78. The second kappa shape index (κ2) is 5.90. The lowest BCUT2D eigenvalue weighted by Gasteiger charge is -2.28. The molecule has 0 spiro atoms. The van der Waals surface area contributed by atoms with Gasteiger partial charge in [-0.1, -0.05) is 0 Å². The van der Waals surface area contributed by atoms with Crippen molar-refractivity contribution in [2.75, 3.05) is 37.1 Å². The van der Waals surface area contributed by atoms with E-state index >= 15 is 0 Å². The van der Waals surface area contributed by atoms with Gasteiger partial charge in [-0.05, 0) is 30.2 Å². The van der Waals surface area contributed by atoms with Gasteiger partial charge in [0, 0.05) is 20.2 Å². The summed E-state index contributed by atoms with van der Waals surface area (Å²) in [5, 5.41) is 3.11. The van der Waals surface area contributed by atoms with E-state index in [2.05, 4.69) is 33.4 Å². The van der Waals surface area contributed by atoms with Crippen molar-refractivity contribution in [2.24, 2.45) is 11.8 Å². The number of hydrazine groups is 1. The fourth-order valence-electron chi connectivity index (χ4n) is 2.62. The number of anilines is 2. The van der Waals surface area contributed by atoms with E-state index in [4.69, 9.17) is 10.6 Å². The van der Waals surface area contributed by atoms with Crippen LogP contribution in [0, 0.1) is 5.92 Å².